The molecule has 0 aliphatic heterocycles. The van der Waals surface area contributed by atoms with Gasteiger partial charge < -0.3 is 11.1 Å². The SMILES string of the molecule is C=CC(=O)Nc1cccc(-c2n[nH]c3cc(N)ccc23)c1. The summed E-state index contributed by atoms with van der Waals surface area (Å²) in [6.07, 6.45) is 1.24. The first-order chi connectivity index (χ1) is 10.2. The summed E-state index contributed by atoms with van der Waals surface area (Å²) in [5.74, 6) is -0.244. The molecule has 0 bridgehead atoms. The lowest BCUT2D eigenvalue weighted by Gasteiger charge is -2.04. The maximum absolute atomic E-state index is 11.4. The maximum Gasteiger partial charge on any atom is 0.247 e. The third-order valence-corrected chi connectivity index (χ3v) is 3.18. The molecule has 4 N–H and O–H groups in total. The number of H-pyrrole nitrogens is 1. The quantitative estimate of drug-likeness (QED) is 0.508. The van der Waals surface area contributed by atoms with E-state index < -0.39 is 0 Å². The van der Waals surface area contributed by atoms with Crippen LogP contribution in [0.3, 0.4) is 0 Å². The van der Waals surface area contributed by atoms with Crippen LogP contribution in [-0.4, -0.2) is 16.1 Å². The second kappa shape index (κ2) is 5.13. The van der Waals surface area contributed by atoms with Crippen molar-refractivity contribution in [3.8, 4) is 11.3 Å². The number of nitrogens with zero attached hydrogens (tertiary/aromatic N) is 1. The number of anilines is 2. The molecule has 0 radical (unpaired) electrons. The number of aromatic nitrogens is 2. The first kappa shape index (κ1) is 12.9. The van der Waals surface area contributed by atoms with Crippen LogP contribution in [0.25, 0.3) is 22.2 Å². The number of benzene rings is 2. The van der Waals surface area contributed by atoms with Crippen LogP contribution >= 0.6 is 0 Å². The number of nitrogens with two attached hydrogens (primary N) is 1. The summed E-state index contributed by atoms with van der Waals surface area (Å²) in [5.41, 5.74) is 9.75. The highest BCUT2D eigenvalue weighted by molar-refractivity contribution is 6.00. The van der Waals surface area contributed by atoms with Crippen LogP contribution in [0.4, 0.5) is 11.4 Å². The van der Waals surface area contributed by atoms with Gasteiger partial charge in [-0.3, -0.25) is 9.89 Å². The van der Waals surface area contributed by atoms with Crippen LogP contribution in [0.2, 0.25) is 0 Å². The van der Waals surface area contributed by atoms with Gasteiger partial charge >= 0.3 is 0 Å². The minimum absolute atomic E-state index is 0.244. The number of carbonyl (C=O) groups is 1. The fraction of sp³-hybridized carbons (Fsp3) is 0. The molecule has 1 aromatic heterocycles. The summed E-state index contributed by atoms with van der Waals surface area (Å²) in [7, 11) is 0. The van der Waals surface area contributed by atoms with Gasteiger partial charge in [0.25, 0.3) is 0 Å². The molecule has 3 rings (SSSR count). The Bertz CT molecular complexity index is 835. The molecule has 1 amide bonds. The molecule has 0 aliphatic rings. The molecule has 5 nitrogen and oxygen atoms in total. The third-order valence-electron chi connectivity index (χ3n) is 3.18. The van der Waals surface area contributed by atoms with Gasteiger partial charge in [-0.05, 0) is 36.4 Å². The Kier molecular flexibility index (Phi) is 3.16. The molecule has 0 spiro atoms. The minimum Gasteiger partial charge on any atom is -0.399 e. The van der Waals surface area contributed by atoms with E-state index in [-0.39, 0.29) is 5.91 Å². The van der Waals surface area contributed by atoms with E-state index in [1.165, 1.54) is 6.08 Å². The highest BCUT2D eigenvalue weighted by Gasteiger charge is 2.09. The van der Waals surface area contributed by atoms with Gasteiger partial charge in [0.1, 0.15) is 0 Å². The van der Waals surface area contributed by atoms with Crippen LogP contribution in [0, 0.1) is 0 Å². The van der Waals surface area contributed by atoms with Gasteiger partial charge in [-0.25, -0.2) is 0 Å². The summed E-state index contributed by atoms with van der Waals surface area (Å²) in [5, 5.41) is 11.0. The van der Waals surface area contributed by atoms with E-state index in [1.54, 1.807) is 0 Å². The zero-order chi connectivity index (χ0) is 14.8. The van der Waals surface area contributed by atoms with Crippen molar-refractivity contribution in [3.05, 3.63) is 55.1 Å². The molecule has 0 saturated carbocycles. The number of aromatic amines is 1. The smallest absolute Gasteiger partial charge is 0.247 e. The third kappa shape index (κ3) is 2.49. The van der Waals surface area contributed by atoms with Crippen molar-refractivity contribution in [1.29, 1.82) is 0 Å². The second-order valence-corrected chi connectivity index (χ2v) is 4.65. The number of carbonyl (C=O) groups excluding carboxylic acids is 1. The van der Waals surface area contributed by atoms with Crippen LogP contribution in [0.15, 0.2) is 55.1 Å². The van der Waals surface area contributed by atoms with E-state index in [0.29, 0.717) is 11.4 Å². The Balaban J connectivity index is 2.04. The van der Waals surface area contributed by atoms with E-state index in [0.717, 1.165) is 22.2 Å². The van der Waals surface area contributed by atoms with Crippen molar-refractivity contribution >= 4 is 28.2 Å². The van der Waals surface area contributed by atoms with Gasteiger partial charge in [0.15, 0.2) is 0 Å². The van der Waals surface area contributed by atoms with Crippen molar-refractivity contribution in [2.75, 3.05) is 11.1 Å². The summed E-state index contributed by atoms with van der Waals surface area (Å²) in [6, 6.07) is 13.1. The van der Waals surface area contributed by atoms with Gasteiger partial charge in [-0.2, -0.15) is 5.10 Å². The van der Waals surface area contributed by atoms with Gasteiger partial charge in [-0.1, -0.05) is 18.7 Å². The lowest BCUT2D eigenvalue weighted by atomic mass is 10.1. The Labute approximate surface area is 121 Å². The normalized spacial score (nSPS) is 10.5. The Hall–Kier alpha value is -3.08. The van der Waals surface area contributed by atoms with E-state index in [2.05, 4.69) is 22.1 Å². The Morgan fingerprint density at radius 2 is 2.14 bits per heavy atom. The maximum atomic E-state index is 11.4. The van der Waals surface area contributed by atoms with Gasteiger partial charge in [0.05, 0.1) is 11.2 Å². The van der Waals surface area contributed by atoms with Crippen molar-refractivity contribution in [3.63, 3.8) is 0 Å². The second-order valence-electron chi connectivity index (χ2n) is 4.65. The topological polar surface area (TPSA) is 83.8 Å². The molecule has 0 unspecified atom stereocenters. The van der Waals surface area contributed by atoms with Gasteiger partial charge in [0.2, 0.25) is 5.91 Å². The van der Waals surface area contributed by atoms with E-state index >= 15 is 0 Å². The van der Waals surface area contributed by atoms with E-state index in [4.69, 9.17) is 5.73 Å². The fourth-order valence-electron chi connectivity index (χ4n) is 2.19. The molecule has 104 valence electrons. The molecule has 1 heterocycles. The zero-order valence-electron chi connectivity index (χ0n) is 11.3. The number of hydrogen-bond acceptors (Lipinski definition) is 3. The number of nitrogens with one attached hydrogen (secondary N) is 2. The average molecular weight is 278 g/mol. The van der Waals surface area contributed by atoms with E-state index in [9.17, 15) is 4.79 Å². The van der Waals surface area contributed by atoms with Crippen molar-refractivity contribution in [1.82, 2.24) is 10.2 Å². The van der Waals surface area contributed by atoms with E-state index in [1.807, 2.05) is 42.5 Å². The van der Waals surface area contributed by atoms with Crippen molar-refractivity contribution < 1.29 is 4.79 Å². The molecule has 5 heteroatoms. The summed E-state index contributed by atoms with van der Waals surface area (Å²) in [6.45, 7) is 3.44. The van der Waals surface area contributed by atoms with Crippen LogP contribution in [0.5, 0.6) is 0 Å². The summed E-state index contributed by atoms with van der Waals surface area (Å²) < 4.78 is 0. The predicted octanol–water partition coefficient (Wildman–Crippen LogP) is 2.94. The number of fused-ring (bicyclic) bond motifs is 1. The highest BCUT2D eigenvalue weighted by atomic mass is 16.1. The molecular formula is C16H14N4O. The standard InChI is InChI=1S/C16H14N4O/c1-2-15(21)18-12-5-3-4-10(8-12)16-13-7-6-11(17)9-14(13)19-20-16/h2-9H,1,17H2,(H,18,21)(H,19,20). The molecule has 0 atom stereocenters. The molecule has 21 heavy (non-hydrogen) atoms. The van der Waals surface area contributed by atoms with Crippen LogP contribution in [-0.2, 0) is 4.79 Å². The monoisotopic (exact) mass is 278 g/mol. The number of rotatable bonds is 3. The summed E-state index contributed by atoms with van der Waals surface area (Å²) in [4.78, 5) is 11.4. The minimum atomic E-state index is -0.244. The number of nitrogen functional groups attached to an aromatic ring is 1. The molecule has 0 fully saturated rings. The largest absolute Gasteiger partial charge is 0.399 e. The highest BCUT2D eigenvalue weighted by Crippen LogP contribution is 2.28. The van der Waals surface area contributed by atoms with Crippen molar-refractivity contribution in [2.24, 2.45) is 0 Å². The van der Waals surface area contributed by atoms with Gasteiger partial charge in [0, 0.05) is 22.3 Å². The molecule has 0 saturated heterocycles. The molecule has 3 aromatic rings. The molecule has 0 aliphatic carbocycles. The predicted molar refractivity (Wildman–Crippen MR) is 84.8 cm³/mol. The Morgan fingerprint density at radius 3 is 2.95 bits per heavy atom. The summed E-state index contributed by atoms with van der Waals surface area (Å²) >= 11 is 0. The average Bonchev–Trinajstić information content (AvgIpc) is 2.90. The number of hydrogen-bond donors (Lipinski definition) is 3. The number of amides is 1. The van der Waals surface area contributed by atoms with Crippen LogP contribution in [0.1, 0.15) is 0 Å². The molecular weight excluding hydrogens is 264 g/mol. The lowest BCUT2D eigenvalue weighted by molar-refractivity contribution is -0.111. The Morgan fingerprint density at radius 1 is 1.29 bits per heavy atom. The lowest BCUT2D eigenvalue weighted by Crippen LogP contribution is -2.06. The van der Waals surface area contributed by atoms with Crippen LogP contribution < -0.4 is 11.1 Å². The molecule has 2 aromatic carbocycles. The fourth-order valence-corrected chi connectivity index (χ4v) is 2.19. The first-order valence-corrected chi connectivity index (χ1v) is 6.45. The van der Waals surface area contributed by atoms with Crippen molar-refractivity contribution in [2.45, 2.75) is 0 Å². The van der Waals surface area contributed by atoms with Gasteiger partial charge in [-0.15, -0.1) is 0 Å². The first-order valence-electron chi connectivity index (χ1n) is 6.45. The zero-order valence-corrected chi connectivity index (χ0v) is 11.3.